The number of aryl methyl sites for hydroxylation is 2. The van der Waals surface area contributed by atoms with Crippen molar-refractivity contribution in [2.45, 2.75) is 31.7 Å². The number of nitrogens with zero attached hydrogens (tertiary/aromatic N) is 2. The van der Waals surface area contributed by atoms with Crippen LogP contribution < -0.4 is 4.74 Å². The largest absolute Gasteiger partial charge is 0.423 e. The van der Waals surface area contributed by atoms with E-state index in [2.05, 4.69) is 5.10 Å². The van der Waals surface area contributed by atoms with Crippen molar-refractivity contribution in [3.63, 3.8) is 0 Å². The molecule has 0 saturated carbocycles. The van der Waals surface area contributed by atoms with E-state index in [0.717, 1.165) is 5.56 Å². The van der Waals surface area contributed by atoms with Crippen LogP contribution >= 0.6 is 0 Å². The smallest absolute Gasteiger partial charge is 0.311 e. The summed E-state index contributed by atoms with van der Waals surface area (Å²) in [6.45, 7) is 3.79. The molecule has 0 fully saturated rings. The zero-order valence-electron chi connectivity index (χ0n) is 12.5. The fourth-order valence-electron chi connectivity index (χ4n) is 1.80. The maximum absolute atomic E-state index is 12.2. The van der Waals surface area contributed by atoms with E-state index in [-0.39, 0.29) is 24.7 Å². The van der Waals surface area contributed by atoms with Gasteiger partial charge in [0.2, 0.25) is 0 Å². The molecule has 22 heavy (non-hydrogen) atoms. The van der Waals surface area contributed by atoms with E-state index in [1.54, 1.807) is 31.2 Å². The van der Waals surface area contributed by atoms with Gasteiger partial charge in [-0.1, -0.05) is 24.6 Å². The molecule has 1 aromatic heterocycles. The van der Waals surface area contributed by atoms with Crippen LogP contribution in [0.25, 0.3) is 0 Å². The molecule has 0 aliphatic heterocycles. The Morgan fingerprint density at radius 2 is 1.95 bits per heavy atom. The third-order valence-corrected chi connectivity index (χ3v) is 4.81. The molecule has 0 spiro atoms. The van der Waals surface area contributed by atoms with E-state index in [1.807, 2.05) is 6.92 Å². The van der Waals surface area contributed by atoms with Crippen LogP contribution in [0.3, 0.4) is 0 Å². The molecular formula is C15H18N2O4S. The number of esters is 1. The number of hydrogen-bond acceptors (Lipinski definition) is 5. The Morgan fingerprint density at radius 3 is 2.59 bits per heavy atom. The molecule has 0 aliphatic carbocycles. The minimum Gasteiger partial charge on any atom is -0.423 e. The second kappa shape index (κ2) is 6.74. The lowest BCUT2D eigenvalue weighted by Crippen LogP contribution is -2.13. The van der Waals surface area contributed by atoms with Gasteiger partial charge in [0.25, 0.3) is 0 Å². The highest BCUT2D eigenvalue weighted by Crippen LogP contribution is 2.14. The van der Waals surface area contributed by atoms with Crippen molar-refractivity contribution in [2.24, 2.45) is 0 Å². The molecular weight excluding hydrogens is 304 g/mol. The van der Waals surface area contributed by atoms with Crippen LogP contribution in [-0.4, -0.2) is 29.9 Å². The Kier molecular flexibility index (Phi) is 4.97. The molecule has 2 aromatic rings. The monoisotopic (exact) mass is 322 g/mol. The second-order valence-corrected chi connectivity index (χ2v) is 7.01. The predicted octanol–water partition coefficient (Wildman–Crippen LogP) is 1.98. The van der Waals surface area contributed by atoms with E-state index in [0.29, 0.717) is 10.6 Å². The molecule has 0 saturated heterocycles. The molecule has 2 rings (SSSR count). The quantitative estimate of drug-likeness (QED) is 0.760. The molecule has 0 N–H and O–H groups in total. The predicted molar refractivity (Wildman–Crippen MR) is 81.4 cm³/mol. The highest BCUT2D eigenvalue weighted by molar-refractivity contribution is 7.91. The van der Waals surface area contributed by atoms with Gasteiger partial charge < -0.3 is 4.74 Å². The summed E-state index contributed by atoms with van der Waals surface area (Å²) in [6.07, 6.45) is 3.18. The average Bonchev–Trinajstić information content (AvgIpc) is 2.93. The normalized spacial score (nSPS) is 11.4. The van der Waals surface area contributed by atoms with Crippen molar-refractivity contribution in [1.82, 2.24) is 9.78 Å². The van der Waals surface area contributed by atoms with Crippen LogP contribution in [0.1, 0.15) is 18.9 Å². The molecule has 0 radical (unpaired) electrons. The summed E-state index contributed by atoms with van der Waals surface area (Å²) >= 11 is 0. The number of ether oxygens (including phenoxy) is 1. The van der Waals surface area contributed by atoms with Gasteiger partial charge in [-0.2, -0.15) is 5.10 Å². The third kappa shape index (κ3) is 4.17. The summed E-state index contributed by atoms with van der Waals surface area (Å²) in [7, 11) is -3.36. The third-order valence-electron chi connectivity index (χ3n) is 3.10. The summed E-state index contributed by atoms with van der Waals surface area (Å²) in [5.41, 5.74) is 1.01. The molecule has 6 nitrogen and oxygen atoms in total. The van der Waals surface area contributed by atoms with Gasteiger partial charge in [0.1, 0.15) is 0 Å². The van der Waals surface area contributed by atoms with E-state index < -0.39 is 9.84 Å². The van der Waals surface area contributed by atoms with Gasteiger partial charge in [-0.3, -0.25) is 9.48 Å². The maximum atomic E-state index is 12.2. The number of benzene rings is 1. The lowest BCUT2D eigenvalue weighted by atomic mass is 10.2. The first kappa shape index (κ1) is 16.2. The lowest BCUT2D eigenvalue weighted by molar-refractivity contribution is -0.134. The Bertz CT molecular complexity index is 748. The zero-order valence-corrected chi connectivity index (χ0v) is 13.3. The van der Waals surface area contributed by atoms with Crippen molar-refractivity contribution in [3.05, 3.63) is 42.2 Å². The summed E-state index contributed by atoms with van der Waals surface area (Å²) < 4.78 is 30.9. The van der Waals surface area contributed by atoms with Crippen molar-refractivity contribution < 1.29 is 17.9 Å². The first-order valence-electron chi connectivity index (χ1n) is 6.93. The maximum Gasteiger partial charge on any atom is 0.311 e. The molecule has 1 heterocycles. The molecule has 1 aromatic carbocycles. The minimum absolute atomic E-state index is 0.0705. The van der Waals surface area contributed by atoms with Crippen LogP contribution in [0, 0.1) is 6.92 Å². The van der Waals surface area contributed by atoms with E-state index in [1.165, 1.54) is 17.1 Å². The standard InChI is InChI=1S/C15H18N2O4S/c1-3-15(18)21-13-10-16-17(11-13)8-9-22(19,20)14-6-4-12(2)5-7-14/h4-7,10-11H,3,8-9H2,1-2H3. The average molecular weight is 322 g/mol. The number of sulfone groups is 1. The Hall–Kier alpha value is -2.15. The summed E-state index contributed by atoms with van der Waals surface area (Å²) in [4.78, 5) is 11.5. The Balaban J connectivity index is 2.00. The van der Waals surface area contributed by atoms with Crippen molar-refractivity contribution >= 4 is 15.8 Å². The minimum atomic E-state index is -3.36. The van der Waals surface area contributed by atoms with E-state index in [4.69, 9.17) is 4.74 Å². The fraction of sp³-hybridized carbons (Fsp3) is 0.333. The van der Waals surface area contributed by atoms with Crippen molar-refractivity contribution in [2.75, 3.05) is 5.75 Å². The number of hydrogen-bond donors (Lipinski definition) is 0. The second-order valence-electron chi connectivity index (χ2n) is 4.90. The van der Waals surface area contributed by atoms with Crippen LogP contribution in [-0.2, 0) is 21.2 Å². The summed E-state index contributed by atoms with van der Waals surface area (Å²) in [5.74, 6) is -0.106. The highest BCUT2D eigenvalue weighted by atomic mass is 32.2. The van der Waals surface area contributed by atoms with E-state index in [9.17, 15) is 13.2 Å². The summed E-state index contributed by atoms with van der Waals surface area (Å²) in [6, 6.07) is 6.73. The van der Waals surface area contributed by atoms with Crippen LogP contribution in [0.2, 0.25) is 0 Å². The van der Waals surface area contributed by atoms with E-state index >= 15 is 0 Å². The van der Waals surface area contributed by atoms with Gasteiger partial charge in [-0.15, -0.1) is 0 Å². The van der Waals surface area contributed by atoms with Gasteiger partial charge in [0.15, 0.2) is 15.6 Å². The number of carbonyl (C=O) groups is 1. The fourth-order valence-corrected chi connectivity index (χ4v) is 3.01. The van der Waals surface area contributed by atoms with Gasteiger partial charge in [-0.05, 0) is 19.1 Å². The van der Waals surface area contributed by atoms with Crippen LogP contribution in [0.5, 0.6) is 5.75 Å². The molecule has 0 unspecified atom stereocenters. The van der Waals surface area contributed by atoms with Crippen molar-refractivity contribution in [1.29, 1.82) is 0 Å². The van der Waals surface area contributed by atoms with Crippen LogP contribution in [0.4, 0.5) is 0 Å². The Morgan fingerprint density at radius 1 is 1.27 bits per heavy atom. The zero-order chi connectivity index (χ0) is 16.2. The van der Waals surface area contributed by atoms with Gasteiger partial charge >= 0.3 is 5.97 Å². The first-order valence-corrected chi connectivity index (χ1v) is 8.58. The summed E-state index contributed by atoms with van der Waals surface area (Å²) in [5, 5.41) is 3.99. The van der Waals surface area contributed by atoms with Crippen LogP contribution in [0.15, 0.2) is 41.6 Å². The Labute approximate surface area is 129 Å². The molecule has 7 heteroatoms. The van der Waals surface area contributed by atoms with Gasteiger partial charge in [0, 0.05) is 6.42 Å². The lowest BCUT2D eigenvalue weighted by Gasteiger charge is -2.05. The molecule has 0 amide bonds. The number of aromatic nitrogens is 2. The number of rotatable bonds is 6. The highest BCUT2D eigenvalue weighted by Gasteiger charge is 2.15. The molecule has 0 atom stereocenters. The molecule has 118 valence electrons. The van der Waals surface area contributed by atoms with Crippen molar-refractivity contribution in [3.8, 4) is 5.75 Å². The number of carbonyl (C=O) groups excluding carboxylic acids is 1. The topological polar surface area (TPSA) is 78.3 Å². The molecule has 0 aliphatic rings. The van der Waals surface area contributed by atoms with Gasteiger partial charge in [-0.25, -0.2) is 8.42 Å². The molecule has 0 bridgehead atoms. The SMILES string of the molecule is CCC(=O)Oc1cnn(CCS(=O)(=O)c2ccc(C)cc2)c1. The first-order chi connectivity index (χ1) is 10.4. The van der Waals surface area contributed by atoms with Gasteiger partial charge in [0.05, 0.1) is 29.6 Å².